The molecule has 0 saturated carbocycles. The molecule has 1 aromatic rings. The molecular formula is C6H3N2O5-. The van der Waals surface area contributed by atoms with Gasteiger partial charge in [0.25, 0.3) is 11.4 Å². The summed E-state index contributed by atoms with van der Waals surface area (Å²) < 4.78 is 0. The molecule has 0 bridgehead atoms. The maximum atomic E-state index is 10.8. The fraction of sp³-hybridized carbons (Fsp3) is 0. The highest BCUT2D eigenvalue weighted by Crippen LogP contribution is 2.26. The smallest absolute Gasteiger partial charge is 0.269 e. The molecule has 0 aliphatic carbocycles. The summed E-state index contributed by atoms with van der Waals surface area (Å²) in [6.07, 6.45) is 0. The van der Waals surface area contributed by atoms with Crippen molar-refractivity contribution in [2.45, 2.75) is 0 Å². The van der Waals surface area contributed by atoms with Crippen LogP contribution in [-0.2, 0) is 0 Å². The lowest BCUT2D eigenvalue weighted by Gasteiger charge is -2.04. The molecule has 0 N–H and O–H groups in total. The Morgan fingerprint density at radius 3 is 2.08 bits per heavy atom. The highest BCUT2D eigenvalue weighted by molar-refractivity contribution is 5.51. The van der Waals surface area contributed by atoms with Gasteiger partial charge in [0.05, 0.1) is 9.85 Å². The van der Waals surface area contributed by atoms with Crippen molar-refractivity contribution in [1.29, 1.82) is 0 Å². The highest BCUT2D eigenvalue weighted by Gasteiger charge is 2.11. The molecule has 0 aliphatic heterocycles. The van der Waals surface area contributed by atoms with Crippen LogP contribution in [0, 0.1) is 20.2 Å². The first kappa shape index (κ1) is 8.91. The van der Waals surface area contributed by atoms with E-state index in [4.69, 9.17) is 0 Å². The first-order chi connectivity index (χ1) is 6.02. The van der Waals surface area contributed by atoms with Crippen molar-refractivity contribution >= 4 is 11.4 Å². The molecule has 0 heterocycles. The normalized spacial score (nSPS) is 9.54. The Morgan fingerprint density at radius 1 is 1.08 bits per heavy atom. The van der Waals surface area contributed by atoms with E-state index in [0.29, 0.717) is 6.07 Å². The Hall–Kier alpha value is -2.18. The molecule has 0 saturated heterocycles. The first-order valence-electron chi connectivity index (χ1n) is 3.12. The average Bonchev–Trinajstić information content (AvgIpc) is 2.03. The van der Waals surface area contributed by atoms with Crippen molar-refractivity contribution < 1.29 is 15.0 Å². The van der Waals surface area contributed by atoms with Crippen LogP contribution in [0.4, 0.5) is 11.4 Å². The van der Waals surface area contributed by atoms with Crippen LogP contribution >= 0.6 is 0 Å². The predicted molar refractivity (Wildman–Crippen MR) is 39.2 cm³/mol. The van der Waals surface area contributed by atoms with Gasteiger partial charge in [-0.3, -0.25) is 20.2 Å². The van der Waals surface area contributed by atoms with E-state index in [9.17, 15) is 25.3 Å². The molecule has 68 valence electrons. The summed E-state index contributed by atoms with van der Waals surface area (Å²) in [6.45, 7) is 0. The molecule has 7 nitrogen and oxygen atoms in total. The van der Waals surface area contributed by atoms with Gasteiger partial charge in [-0.25, -0.2) is 0 Å². The zero-order chi connectivity index (χ0) is 10.0. The van der Waals surface area contributed by atoms with Gasteiger partial charge < -0.3 is 5.11 Å². The molecule has 0 atom stereocenters. The standard InChI is InChI=1S/C6H4N2O5/c9-6-3-4(7(10)11)1-2-5(6)8(12)13/h1-3,9H/p-1. The third kappa shape index (κ3) is 1.70. The van der Waals surface area contributed by atoms with Crippen molar-refractivity contribution in [1.82, 2.24) is 0 Å². The summed E-state index contributed by atoms with van der Waals surface area (Å²) >= 11 is 0. The number of hydrogen-bond acceptors (Lipinski definition) is 5. The quantitative estimate of drug-likeness (QED) is 0.491. The summed E-state index contributed by atoms with van der Waals surface area (Å²) in [5.74, 6) is -0.959. The Balaban J connectivity index is 3.20. The van der Waals surface area contributed by atoms with Gasteiger partial charge in [0.1, 0.15) is 0 Å². The average molecular weight is 183 g/mol. The summed E-state index contributed by atoms with van der Waals surface area (Å²) in [6, 6.07) is 2.36. The zero-order valence-corrected chi connectivity index (χ0v) is 6.17. The number of rotatable bonds is 2. The van der Waals surface area contributed by atoms with Crippen molar-refractivity contribution in [3.05, 3.63) is 38.4 Å². The Labute approximate surface area is 71.5 Å². The van der Waals surface area contributed by atoms with E-state index in [0.717, 1.165) is 12.1 Å². The summed E-state index contributed by atoms with van der Waals surface area (Å²) in [7, 11) is 0. The maximum Gasteiger partial charge on any atom is 0.269 e. The minimum atomic E-state index is -0.959. The number of benzene rings is 1. The molecule has 7 heteroatoms. The lowest BCUT2D eigenvalue weighted by Crippen LogP contribution is -1.98. The molecule has 0 aliphatic rings. The van der Waals surface area contributed by atoms with Gasteiger partial charge in [0, 0.05) is 18.2 Å². The monoisotopic (exact) mass is 183 g/mol. The molecule has 0 amide bonds. The van der Waals surface area contributed by atoms with Gasteiger partial charge >= 0.3 is 0 Å². The molecule has 0 aromatic heterocycles. The van der Waals surface area contributed by atoms with Gasteiger partial charge in [-0.15, -0.1) is 0 Å². The number of nitro benzene ring substituents is 2. The molecule has 0 fully saturated rings. The van der Waals surface area contributed by atoms with Crippen LogP contribution in [0.3, 0.4) is 0 Å². The molecular weight excluding hydrogens is 180 g/mol. The maximum absolute atomic E-state index is 10.8. The predicted octanol–water partition coefficient (Wildman–Crippen LogP) is 0.577. The van der Waals surface area contributed by atoms with Crippen LogP contribution in [-0.4, -0.2) is 9.85 Å². The van der Waals surface area contributed by atoms with E-state index in [2.05, 4.69) is 0 Å². The fourth-order valence-corrected chi connectivity index (χ4v) is 0.767. The Morgan fingerprint density at radius 2 is 1.69 bits per heavy atom. The number of hydrogen-bond donors (Lipinski definition) is 0. The molecule has 13 heavy (non-hydrogen) atoms. The van der Waals surface area contributed by atoms with Crippen LogP contribution < -0.4 is 5.11 Å². The van der Waals surface area contributed by atoms with E-state index in [1.165, 1.54) is 0 Å². The topological polar surface area (TPSA) is 109 Å². The van der Waals surface area contributed by atoms with Crippen LogP contribution in [0.5, 0.6) is 5.75 Å². The van der Waals surface area contributed by atoms with Crippen molar-refractivity contribution in [3.8, 4) is 5.75 Å². The lowest BCUT2D eigenvalue weighted by molar-refractivity contribution is -0.401. The van der Waals surface area contributed by atoms with Gasteiger partial charge in [-0.2, -0.15) is 0 Å². The minimum Gasteiger partial charge on any atom is -0.868 e. The largest absolute Gasteiger partial charge is 0.868 e. The fourth-order valence-electron chi connectivity index (χ4n) is 0.767. The van der Waals surface area contributed by atoms with E-state index >= 15 is 0 Å². The van der Waals surface area contributed by atoms with Crippen LogP contribution in [0.25, 0.3) is 0 Å². The van der Waals surface area contributed by atoms with Gasteiger partial charge in [-0.1, -0.05) is 0 Å². The number of nitrogens with zero attached hydrogens (tertiary/aromatic N) is 2. The molecule has 0 spiro atoms. The molecule has 0 radical (unpaired) electrons. The molecule has 0 unspecified atom stereocenters. The van der Waals surface area contributed by atoms with Crippen molar-refractivity contribution in [3.63, 3.8) is 0 Å². The minimum absolute atomic E-state index is 0.449. The summed E-state index contributed by atoms with van der Waals surface area (Å²) in [4.78, 5) is 18.6. The van der Waals surface area contributed by atoms with Gasteiger partial charge in [-0.05, 0) is 5.75 Å². The highest BCUT2D eigenvalue weighted by atomic mass is 16.6. The first-order valence-corrected chi connectivity index (χ1v) is 3.12. The third-order valence-electron chi connectivity index (χ3n) is 1.35. The number of non-ortho nitro benzene ring substituents is 1. The zero-order valence-electron chi connectivity index (χ0n) is 6.17. The Kier molecular flexibility index (Phi) is 2.09. The Bertz CT molecular complexity index is 375. The summed E-state index contributed by atoms with van der Waals surface area (Å²) in [5, 5.41) is 31.1. The molecule has 1 aromatic carbocycles. The van der Waals surface area contributed by atoms with Gasteiger partial charge in [0.15, 0.2) is 0 Å². The second-order valence-electron chi connectivity index (χ2n) is 2.17. The second-order valence-corrected chi connectivity index (χ2v) is 2.17. The van der Waals surface area contributed by atoms with E-state index in [1.54, 1.807) is 0 Å². The van der Waals surface area contributed by atoms with E-state index in [-0.39, 0.29) is 0 Å². The van der Waals surface area contributed by atoms with Crippen LogP contribution in [0.2, 0.25) is 0 Å². The SMILES string of the molecule is O=[N+]([O-])c1ccc([N+](=O)[O-])c([O-])c1. The third-order valence-corrected chi connectivity index (χ3v) is 1.35. The van der Waals surface area contributed by atoms with E-state index in [1.807, 2.05) is 0 Å². The van der Waals surface area contributed by atoms with Crippen molar-refractivity contribution in [2.24, 2.45) is 0 Å². The van der Waals surface area contributed by atoms with Crippen LogP contribution in [0.15, 0.2) is 18.2 Å². The van der Waals surface area contributed by atoms with E-state index < -0.39 is 27.0 Å². The van der Waals surface area contributed by atoms with Crippen LogP contribution in [0.1, 0.15) is 0 Å². The number of nitro groups is 2. The van der Waals surface area contributed by atoms with Gasteiger partial charge in [0.2, 0.25) is 0 Å². The second kappa shape index (κ2) is 3.05. The summed E-state index contributed by atoms with van der Waals surface area (Å²) in [5.41, 5.74) is -1.11. The molecule has 1 rings (SSSR count). The lowest BCUT2D eigenvalue weighted by atomic mass is 10.2. The van der Waals surface area contributed by atoms with Crippen molar-refractivity contribution in [2.75, 3.05) is 0 Å².